The first-order chi connectivity index (χ1) is 4.83. The van der Waals surface area contributed by atoms with Crippen LogP contribution in [0.4, 0.5) is 0 Å². The molecule has 58 valence electrons. The Morgan fingerprint density at radius 3 is 3.00 bits per heavy atom. The normalized spacial score (nSPS) is 34.9. The summed E-state index contributed by atoms with van der Waals surface area (Å²) in [6, 6.07) is 0.130. The van der Waals surface area contributed by atoms with Crippen molar-refractivity contribution in [1.82, 2.24) is 5.32 Å². The van der Waals surface area contributed by atoms with E-state index in [9.17, 15) is 4.79 Å². The Morgan fingerprint density at radius 2 is 2.30 bits per heavy atom. The van der Waals surface area contributed by atoms with E-state index < -0.39 is 0 Å². The van der Waals surface area contributed by atoms with Crippen molar-refractivity contribution >= 4 is 6.29 Å². The lowest BCUT2D eigenvalue weighted by molar-refractivity contribution is -0.109. The third-order valence-electron chi connectivity index (χ3n) is 2.10. The zero-order valence-electron chi connectivity index (χ0n) is 6.47. The fourth-order valence-electron chi connectivity index (χ4n) is 1.36. The molecule has 0 amide bonds. The maximum Gasteiger partial charge on any atom is 0.136 e. The molecule has 1 N–H and O–H groups in total. The van der Waals surface area contributed by atoms with Crippen LogP contribution in [0.15, 0.2) is 0 Å². The average molecular weight is 141 g/mol. The summed E-state index contributed by atoms with van der Waals surface area (Å²) in [5, 5.41) is 3.21. The lowest BCUT2D eigenvalue weighted by atomic mass is 10.1. The van der Waals surface area contributed by atoms with Gasteiger partial charge in [-0.1, -0.05) is 13.3 Å². The van der Waals surface area contributed by atoms with Crippen molar-refractivity contribution < 1.29 is 4.79 Å². The molecule has 1 heterocycles. The number of aldehydes is 1. The molecule has 10 heavy (non-hydrogen) atoms. The molecule has 0 aliphatic carbocycles. The lowest BCUT2D eigenvalue weighted by Crippen LogP contribution is -2.31. The van der Waals surface area contributed by atoms with Gasteiger partial charge in [0, 0.05) is 0 Å². The summed E-state index contributed by atoms with van der Waals surface area (Å²) in [6.45, 7) is 3.23. The summed E-state index contributed by atoms with van der Waals surface area (Å²) in [5.41, 5.74) is 0. The van der Waals surface area contributed by atoms with E-state index in [1.54, 1.807) is 0 Å². The Balaban J connectivity index is 2.32. The first kappa shape index (κ1) is 7.73. The molecule has 0 bridgehead atoms. The molecule has 1 aliphatic rings. The van der Waals surface area contributed by atoms with E-state index in [2.05, 4.69) is 12.2 Å². The van der Waals surface area contributed by atoms with Gasteiger partial charge in [-0.3, -0.25) is 0 Å². The van der Waals surface area contributed by atoms with Crippen LogP contribution in [-0.2, 0) is 4.79 Å². The Morgan fingerprint density at radius 1 is 1.50 bits per heavy atom. The van der Waals surface area contributed by atoms with Gasteiger partial charge in [-0.05, 0) is 25.3 Å². The topological polar surface area (TPSA) is 29.1 Å². The summed E-state index contributed by atoms with van der Waals surface area (Å²) in [5.74, 6) is 0.741. The largest absolute Gasteiger partial charge is 0.307 e. The van der Waals surface area contributed by atoms with Gasteiger partial charge in [0.1, 0.15) is 6.29 Å². The van der Waals surface area contributed by atoms with Crippen LogP contribution < -0.4 is 5.32 Å². The Labute approximate surface area is 62.0 Å². The number of nitrogens with one attached hydrogen (secondary N) is 1. The lowest BCUT2D eigenvalue weighted by Gasteiger charge is -2.08. The van der Waals surface area contributed by atoms with E-state index in [4.69, 9.17) is 0 Å². The smallest absolute Gasteiger partial charge is 0.136 e. The molecule has 2 unspecified atom stereocenters. The van der Waals surface area contributed by atoms with Crippen LogP contribution in [0.3, 0.4) is 0 Å². The van der Waals surface area contributed by atoms with Gasteiger partial charge in [-0.2, -0.15) is 0 Å². The number of carbonyl (C=O) groups excluding carboxylic acids is 1. The van der Waals surface area contributed by atoms with Crippen LogP contribution in [0.25, 0.3) is 0 Å². The van der Waals surface area contributed by atoms with Gasteiger partial charge in [0.15, 0.2) is 0 Å². The highest BCUT2D eigenvalue weighted by Crippen LogP contribution is 2.12. The molecular formula is C8H15NO. The Hall–Kier alpha value is -0.370. The van der Waals surface area contributed by atoms with Gasteiger partial charge >= 0.3 is 0 Å². The molecule has 0 radical (unpaired) electrons. The summed E-state index contributed by atoms with van der Waals surface area (Å²) >= 11 is 0. The standard InChI is InChI=1S/C8H15NO/c1-7-3-2-4-8(6-10)9-5-7/h6-9H,2-5H2,1H3. The molecule has 2 heteroatoms. The molecule has 0 aromatic rings. The summed E-state index contributed by atoms with van der Waals surface area (Å²) in [7, 11) is 0. The number of hydrogen-bond donors (Lipinski definition) is 1. The first-order valence-electron chi connectivity index (χ1n) is 4.01. The van der Waals surface area contributed by atoms with E-state index in [1.807, 2.05) is 0 Å². The van der Waals surface area contributed by atoms with Crippen LogP contribution in [0.5, 0.6) is 0 Å². The van der Waals surface area contributed by atoms with Crippen LogP contribution in [0, 0.1) is 5.92 Å². The monoisotopic (exact) mass is 141 g/mol. The van der Waals surface area contributed by atoms with Gasteiger partial charge < -0.3 is 10.1 Å². The van der Waals surface area contributed by atoms with Gasteiger partial charge in [-0.15, -0.1) is 0 Å². The van der Waals surface area contributed by atoms with Crippen LogP contribution in [-0.4, -0.2) is 18.9 Å². The second-order valence-corrected chi connectivity index (χ2v) is 3.19. The van der Waals surface area contributed by atoms with Gasteiger partial charge in [0.2, 0.25) is 0 Å². The van der Waals surface area contributed by atoms with E-state index in [-0.39, 0.29) is 6.04 Å². The highest BCUT2D eigenvalue weighted by atomic mass is 16.1. The highest BCUT2D eigenvalue weighted by Gasteiger charge is 2.13. The zero-order chi connectivity index (χ0) is 7.40. The molecule has 0 saturated carbocycles. The van der Waals surface area contributed by atoms with Gasteiger partial charge in [0.05, 0.1) is 6.04 Å². The zero-order valence-corrected chi connectivity index (χ0v) is 6.47. The quantitative estimate of drug-likeness (QED) is 0.551. The molecule has 0 aromatic heterocycles. The van der Waals surface area contributed by atoms with Crippen LogP contribution in [0.1, 0.15) is 26.2 Å². The summed E-state index contributed by atoms with van der Waals surface area (Å²) in [6.07, 6.45) is 4.50. The van der Waals surface area contributed by atoms with Crippen molar-refractivity contribution in [2.75, 3.05) is 6.54 Å². The molecule has 0 aromatic carbocycles. The second kappa shape index (κ2) is 3.71. The predicted molar refractivity (Wildman–Crippen MR) is 40.9 cm³/mol. The van der Waals surface area contributed by atoms with E-state index in [1.165, 1.54) is 12.8 Å². The Bertz CT molecular complexity index is 114. The predicted octanol–water partition coefficient (Wildman–Crippen LogP) is 0.964. The fourth-order valence-corrected chi connectivity index (χ4v) is 1.36. The molecule has 1 fully saturated rings. The molecular weight excluding hydrogens is 126 g/mol. The van der Waals surface area contributed by atoms with Gasteiger partial charge in [0.25, 0.3) is 0 Å². The molecule has 1 aliphatic heterocycles. The maximum absolute atomic E-state index is 10.4. The number of hydrogen-bond acceptors (Lipinski definition) is 2. The minimum Gasteiger partial charge on any atom is -0.307 e. The van der Waals surface area contributed by atoms with Crippen molar-refractivity contribution in [1.29, 1.82) is 0 Å². The summed E-state index contributed by atoms with van der Waals surface area (Å²) < 4.78 is 0. The number of carbonyl (C=O) groups is 1. The maximum atomic E-state index is 10.4. The minimum atomic E-state index is 0.130. The molecule has 1 rings (SSSR count). The highest BCUT2D eigenvalue weighted by molar-refractivity contribution is 5.57. The Kier molecular flexibility index (Phi) is 2.87. The minimum absolute atomic E-state index is 0.130. The van der Waals surface area contributed by atoms with Crippen molar-refractivity contribution in [2.24, 2.45) is 5.92 Å². The molecule has 2 nitrogen and oxygen atoms in total. The van der Waals surface area contributed by atoms with Gasteiger partial charge in [-0.25, -0.2) is 0 Å². The van der Waals surface area contributed by atoms with Crippen molar-refractivity contribution in [3.63, 3.8) is 0 Å². The number of rotatable bonds is 1. The SMILES string of the molecule is CC1CCCC(C=O)NC1. The molecule has 1 saturated heterocycles. The van der Waals surface area contributed by atoms with Crippen molar-refractivity contribution in [3.8, 4) is 0 Å². The fraction of sp³-hybridized carbons (Fsp3) is 0.875. The van der Waals surface area contributed by atoms with Crippen molar-refractivity contribution in [2.45, 2.75) is 32.2 Å². The average Bonchev–Trinajstić information content (AvgIpc) is 2.14. The van der Waals surface area contributed by atoms with Crippen LogP contribution >= 0.6 is 0 Å². The molecule has 0 spiro atoms. The summed E-state index contributed by atoms with van der Waals surface area (Å²) in [4.78, 5) is 10.4. The van der Waals surface area contributed by atoms with Crippen molar-refractivity contribution in [3.05, 3.63) is 0 Å². The third-order valence-corrected chi connectivity index (χ3v) is 2.10. The van der Waals surface area contributed by atoms with E-state index in [0.717, 1.165) is 25.2 Å². The van der Waals surface area contributed by atoms with E-state index >= 15 is 0 Å². The third kappa shape index (κ3) is 2.10. The second-order valence-electron chi connectivity index (χ2n) is 3.19. The first-order valence-corrected chi connectivity index (χ1v) is 4.01. The van der Waals surface area contributed by atoms with E-state index in [0.29, 0.717) is 0 Å². The molecule has 2 atom stereocenters. The van der Waals surface area contributed by atoms with Crippen LogP contribution in [0.2, 0.25) is 0 Å².